The number of nitrogens with one attached hydrogen (secondary N) is 2. The molecule has 4 heterocycles. The molecule has 1 aromatic heterocycles. The highest BCUT2D eigenvalue weighted by molar-refractivity contribution is 6.35. The summed E-state index contributed by atoms with van der Waals surface area (Å²) >= 11 is 6.90. The van der Waals surface area contributed by atoms with Gasteiger partial charge in [-0.2, -0.15) is 0 Å². The Morgan fingerprint density at radius 3 is 2.38 bits per heavy atom. The SMILES string of the molecule is CCC(CC)C(=O)OC(C)(C)CCCCC(=O)C[C@H](C(=O)N[C@@H](CCCNC(N)=O)C(=O)Cc1ccc(C(=O)N(C)[C@@H](C)C(=O)O[C@H]2CC(=O)N(C)c3cc(cc(OC)c3Cl)C/C(C)=C/C=C/[C@@H](OC)[C@]3(O)CC(=O)O[C@@H](C3)[C@@H](C)[C@@H]3O[C@@]23C)c2ncccc12)C(C)C. The van der Waals surface area contributed by atoms with Crippen LogP contribution in [0.3, 0.4) is 0 Å². The van der Waals surface area contributed by atoms with E-state index in [1.54, 1.807) is 63.4 Å². The lowest BCUT2D eigenvalue weighted by molar-refractivity contribution is -0.187. The lowest BCUT2D eigenvalue weighted by atomic mass is 9.78. The minimum Gasteiger partial charge on any atom is -0.495 e. The molecule has 0 saturated carbocycles. The fourth-order valence-electron chi connectivity index (χ4n) is 12.5. The molecule has 0 aliphatic carbocycles. The van der Waals surface area contributed by atoms with Crippen LogP contribution in [-0.4, -0.2) is 156 Å². The minimum absolute atomic E-state index is 0.0222. The first-order chi connectivity index (χ1) is 43.8. The number of urea groups is 1. The number of fused-ring (bicyclic) bond motifs is 6. The van der Waals surface area contributed by atoms with Gasteiger partial charge in [-0.05, 0) is 127 Å². The maximum absolute atomic E-state index is 14.7. The van der Waals surface area contributed by atoms with E-state index < -0.39 is 107 Å². The average Bonchev–Trinajstić information content (AvgIpc) is 1.58. The van der Waals surface area contributed by atoms with Crippen LogP contribution in [0.15, 0.2) is 66.4 Å². The molecule has 0 radical (unpaired) electrons. The van der Waals surface area contributed by atoms with E-state index in [0.29, 0.717) is 60.9 Å². The number of aromatic nitrogens is 1. The number of halogens is 1. The van der Waals surface area contributed by atoms with Gasteiger partial charge in [0.2, 0.25) is 11.8 Å². The van der Waals surface area contributed by atoms with Crippen molar-refractivity contribution in [3.63, 3.8) is 0 Å². The van der Waals surface area contributed by atoms with Gasteiger partial charge in [0.05, 0.1) is 54.8 Å². The summed E-state index contributed by atoms with van der Waals surface area (Å²) < 4.78 is 35.8. The zero-order valence-electron chi connectivity index (χ0n) is 56.5. The Bertz CT molecular complexity index is 3290. The average molecular weight is 1310 g/mol. The molecule has 510 valence electrons. The molecule has 2 aromatic carbocycles. The van der Waals surface area contributed by atoms with E-state index >= 15 is 0 Å². The van der Waals surface area contributed by atoms with Crippen molar-refractivity contribution < 1.29 is 76.7 Å². The number of Topliss-reactive ketones (excluding diaryl/α,β-unsaturated/α-hetero) is 2. The van der Waals surface area contributed by atoms with Gasteiger partial charge in [-0.1, -0.05) is 82.2 Å². The smallest absolute Gasteiger partial charge is 0.328 e. The topological polar surface area (TPSA) is 302 Å². The fraction of sp³-hybridized carbons (Fsp3) is 0.600. The van der Waals surface area contributed by atoms with Crippen molar-refractivity contribution in [3.8, 4) is 5.75 Å². The number of benzene rings is 2. The van der Waals surface area contributed by atoms with Gasteiger partial charge in [-0.25, -0.2) is 9.59 Å². The van der Waals surface area contributed by atoms with E-state index in [2.05, 4.69) is 15.6 Å². The van der Waals surface area contributed by atoms with E-state index in [1.165, 1.54) is 50.3 Å². The minimum atomic E-state index is -1.67. The number of nitrogens with zero attached hydrogens (tertiary/aromatic N) is 3. The first-order valence-corrected chi connectivity index (χ1v) is 32.7. The summed E-state index contributed by atoms with van der Waals surface area (Å²) in [6.07, 6.45) is 5.98. The number of allylic oxidation sites excluding steroid dienone is 3. The molecular formula is C70H97ClN6O16. The predicted molar refractivity (Wildman–Crippen MR) is 351 cm³/mol. The Morgan fingerprint density at radius 1 is 1.01 bits per heavy atom. The van der Waals surface area contributed by atoms with Crippen LogP contribution in [0.4, 0.5) is 10.5 Å². The number of likely N-dealkylation sites (N-methyl/N-ethyl adjacent to an activating group) is 1. The molecule has 5 amide bonds. The van der Waals surface area contributed by atoms with Crippen molar-refractivity contribution in [2.75, 3.05) is 39.8 Å². The predicted octanol–water partition coefficient (Wildman–Crippen LogP) is 9.22. The third kappa shape index (κ3) is 19.2. The summed E-state index contributed by atoms with van der Waals surface area (Å²) in [6, 6.07) is 6.91. The number of ketones is 2. The molecule has 23 heteroatoms. The third-order valence-corrected chi connectivity index (χ3v) is 19.0. The van der Waals surface area contributed by atoms with Crippen LogP contribution in [-0.2, 0) is 70.1 Å². The van der Waals surface area contributed by atoms with Crippen molar-refractivity contribution in [1.29, 1.82) is 0 Å². The van der Waals surface area contributed by atoms with Crippen molar-refractivity contribution >= 4 is 81.4 Å². The number of primary amides is 1. The van der Waals surface area contributed by atoms with Crippen LogP contribution in [0.2, 0.25) is 5.02 Å². The number of pyridine rings is 1. The normalized spacial score (nSPS) is 23.7. The van der Waals surface area contributed by atoms with Gasteiger partial charge in [0.15, 0.2) is 5.78 Å². The third-order valence-electron chi connectivity index (χ3n) is 18.6. The Labute approximate surface area is 551 Å². The molecule has 2 fully saturated rings. The highest BCUT2D eigenvalue weighted by Gasteiger charge is 2.64. The number of rotatable bonds is 27. The molecule has 22 nitrogen and oxygen atoms in total. The number of nitrogens with two attached hydrogens (primary N) is 1. The van der Waals surface area contributed by atoms with Gasteiger partial charge >= 0.3 is 23.9 Å². The second-order valence-electron chi connectivity index (χ2n) is 26.4. The maximum atomic E-state index is 14.7. The van der Waals surface area contributed by atoms with E-state index in [-0.39, 0.29) is 97.0 Å². The summed E-state index contributed by atoms with van der Waals surface area (Å²) in [4.78, 5) is 131. The zero-order chi connectivity index (χ0) is 68.9. The Kier molecular flexibility index (Phi) is 26.3. The fourth-order valence-corrected chi connectivity index (χ4v) is 12.8. The molecule has 4 bridgehead atoms. The van der Waals surface area contributed by atoms with E-state index in [1.807, 2.05) is 54.5 Å². The maximum Gasteiger partial charge on any atom is 0.328 e. The van der Waals surface area contributed by atoms with Crippen molar-refractivity contribution in [3.05, 3.63) is 88.1 Å². The molecule has 10 atom stereocenters. The molecule has 2 saturated heterocycles. The van der Waals surface area contributed by atoms with Gasteiger partial charge in [-0.3, -0.25) is 38.5 Å². The number of methoxy groups -OCH3 is 2. The molecule has 3 aliphatic heterocycles. The molecule has 0 unspecified atom stereocenters. The second kappa shape index (κ2) is 32.7. The lowest BCUT2D eigenvalue weighted by Crippen LogP contribution is -2.53. The molecular weight excluding hydrogens is 1220 g/mol. The van der Waals surface area contributed by atoms with Crippen LogP contribution in [0.25, 0.3) is 10.9 Å². The lowest BCUT2D eigenvalue weighted by Gasteiger charge is -2.41. The number of carbonyl (C=O) groups is 9. The quantitative estimate of drug-likeness (QED) is 0.0239. The number of hydrogen-bond acceptors (Lipinski definition) is 17. The standard InChI is InChI=1S/C70H97ClN6O16/c1-15-45(16-2)66(85)93-68(8,9)29-18-17-23-47(78)36-50(40(3)4)63(82)75-51(25-21-31-74-67(72)86)53(79)35-46-27-28-49(61-48(46)24-20-30-73-61)64(83)76(11)43(7)65(84)91-57-37-58(80)77(12)52-33-44(34-54(88-13)60(52)71)32-41(5)22-19-26-56(89-14)70(87)38-55(90-59(81)39-70)42(6)62-69(57,10)92-62/h19-20,22,24,26-28,30,33-34,40,42-43,45,50-51,55-57,62,87H,15-18,21,23,25,29,31-32,35-39H2,1-14H3,(H,75,82)(H3,72,74,86)/b26-19+,41-22+/t42-,43+,50+,51+,55+,56-,57+,62+,69+,70-/m1/s1. The number of hydrogen-bond donors (Lipinski definition) is 4. The number of amides is 5. The van der Waals surface area contributed by atoms with Gasteiger partial charge in [0.25, 0.3) is 5.91 Å². The highest BCUT2D eigenvalue weighted by Crippen LogP contribution is 2.50. The van der Waals surface area contributed by atoms with E-state index in [4.69, 9.17) is 45.8 Å². The van der Waals surface area contributed by atoms with Gasteiger partial charge in [-0.15, -0.1) is 0 Å². The monoisotopic (exact) mass is 1310 g/mol. The molecule has 93 heavy (non-hydrogen) atoms. The van der Waals surface area contributed by atoms with Crippen molar-refractivity contribution in [2.45, 2.75) is 212 Å². The van der Waals surface area contributed by atoms with E-state index in [0.717, 1.165) is 11.1 Å². The van der Waals surface area contributed by atoms with Crippen molar-refractivity contribution in [1.82, 2.24) is 20.5 Å². The summed E-state index contributed by atoms with van der Waals surface area (Å²) in [5.41, 5.74) is 4.36. The Balaban J connectivity index is 1.21. The second-order valence-corrected chi connectivity index (χ2v) is 26.8. The van der Waals surface area contributed by atoms with E-state index in [9.17, 15) is 48.3 Å². The number of esters is 3. The summed E-state index contributed by atoms with van der Waals surface area (Å²) in [7, 11) is 5.87. The molecule has 6 rings (SSSR count). The molecule has 3 aliphatic rings. The number of ether oxygens (including phenoxy) is 6. The van der Waals surface area contributed by atoms with Gasteiger partial charge in [0.1, 0.15) is 57.7 Å². The Morgan fingerprint density at radius 2 is 1.72 bits per heavy atom. The molecule has 3 aromatic rings. The molecule has 5 N–H and O–H groups in total. The first-order valence-electron chi connectivity index (χ1n) is 32.4. The number of unbranched alkanes of at least 4 members (excludes halogenated alkanes) is 1. The number of epoxide rings is 1. The van der Waals surface area contributed by atoms with Gasteiger partial charge < -0.3 is 59.7 Å². The summed E-state index contributed by atoms with van der Waals surface area (Å²) in [6.45, 7) is 18.3. The first kappa shape index (κ1) is 74.8. The largest absolute Gasteiger partial charge is 0.495 e. The van der Waals surface area contributed by atoms with Crippen LogP contribution in [0.5, 0.6) is 5.75 Å². The Hall–Kier alpha value is -7.27. The number of carbonyl (C=O) groups excluding carboxylic acids is 9. The van der Waals surface area contributed by atoms with Crippen molar-refractivity contribution in [2.24, 2.45) is 29.4 Å². The van der Waals surface area contributed by atoms with Crippen LogP contribution in [0, 0.1) is 23.7 Å². The molecule has 0 spiro atoms. The van der Waals surface area contributed by atoms with Crippen LogP contribution < -0.4 is 26.0 Å². The van der Waals surface area contributed by atoms with Gasteiger partial charge in [0, 0.05) is 76.9 Å². The van der Waals surface area contributed by atoms with Crippen LogP contribution >= 0.6 is 11.6 Å². The number of aliphatic hydroxyl groups is 1. The highest BCUT2D eigenvalue weighted by atomic mass is 35.5. The zero-order valence-corrected chi connectivity index (χ0v) is 57.3. The number of anilines is 1. The summed E-state index contributed by atoms with van der Waals surface area (Å²) in [5.74, 6) is -5.38. The summed E-state index contributed by atoms with van der Waals surface area (Å²) in [5, 5.41) is 18.2. The van der Waals surface area contributed by atoms with Crippen LogP contribution in [0.1, 0.15) is 168 Å².